The number of esters is 1. The molecule has 0 spiro atoms. The molecular formula is C16H30O2. The van der Waals surface area contributed by atoms with Crippen molar-refractivity contribution in [3.63, 3.8) is 0 Å². The van der Waals surface area contributed by atoms with Gasteiger partial charge in [-0.1, -0.05) is 41.2 Å². The van der Waals surface area contributed by atoms with Crippen LogP contribution in [0.4, 0.5) is 0 Å². The van der Waals surface area contributed by atoms with Gasteiger partial charge in [-0.05, 0) is 43.9 Å². The lowest BCUT2D eigenvalue weighted by molar-refractivity contribution is -0.145. The molecule has 0 aliphatic carbocycles. The van der Waals surface area contributed by atoms with Gasteiger partial charge in [0.2, 0.25) is 0 Å². The lowest BCUT2D eigenvalue weighted by atomic mass is 9.91. The van der Waals surface area contributed by atoms with Crippen molar-refractivity contribution in [2.75, 3.05) is 0 Å². The number of rotatable bonds is 8. The molecule has 2 nitrogen and oxygen atoms in total. The van der Waals surface area contributed by atoms with Crippen molar-refractivity contribution in [1.29, 1.82) is 0 Å². The summed E-state index contributed by atoms with van der Waals surface area (Å²) in [4.78, 5) is 11.6. The van der Waals surface area contributed by atoms with Crippen molar-refractivity contribution < 1.29 is 9.53 Å². The van der Waals surface area contributed by atoms with E-state index in [1.54, 1.807) is 6.92 Å². The molecule has 0 saturated heterocycles. The molecule has 0 aliphatic heterocycles. The first kappa shape index (κ1) is 17.2. The molecule has 0 bridgehead atoms. The van der Waals surface area contributed by atoms with Crippen LogP contribution in [0.2, 0.25) is 0 Å². The third kappa shape index (κ3) is 8.32. The molecule has 0 heterocycles. The fourth-order valence-electron chi connectivity index (χ4n) is 2.32. The second kappa shape index (κ2) is 8.34. The normalized spacial score (nSPS) is 14.7. The Labute approximate surface area is 113 Å². The molecule has 0 saturated carbocycles. The molecule has 18 heavy (non-hydrogen) atoms. The smallest absolute Gasteiger partial charge is 0.333 e. The van der Waals surface area contributed by atoms with E-state index < -0.39 is 0 Å². The first-order valence-electron chi connectivity index (χ1n) is 7.08. The molecule has 0 radical (unpaired) electrons. The van der Waals surface area contributed by atoms with Crippen LogP contribution in [-0.4, -0.2) is 12.1 Å². The van der Waals surface area contributed by atoms with Crippen LogP contribution in [0.5, 0.6) is 0 Å². The SMILES string of the molecule is C=C(C)C(=O)OC(CC(C)C)CC(C)CC(C)C. The maximum Gasteiger partial charge on any atom is 0.333 e. The van der Waals surface area contributed by atoms with E-state index in [9.17, 15) is 4.79 Å². The topological polar surface area (TPSA) is 26.3 Å². The highest BCUT2D eigenvalue weighted by atomic mass is 16.5. The fraction of sp³-hybridized carbons (Fsp3) is 0.812. The summed E-state index contributed by atoms with van der Waals surface area (Å²) < 4.78 is 5.54. The molecule has 0 amide bonds. The van der Waals surface area contributed by atoms with E-state index in [2.05, 4.69) is 41.2 Å². The Balaban J connectivity index is 4.39. The molecule has 2 unspecified atom stereocenters. The summed E-state index contributed by atoms with van der Waals surface area (Å²) in [6, 6.07) is 0. The Hall–Kier alpha value is -0.790. The molecule has 0 aromatic rings. The predicted octanol–water partition coefficient (Wildman–Crippen LogP) is 4.59. The van der Waals surface area contributed by atoms with Crippen molar-refractivity contribution >= 4 is 5.97 Å². The number of carbonyl (C=O) groups is 1. The second-order valence-corrected chi connectivity index (χ2v) is 6.41. The van der Waals surface area contributed by atoms with E-state index in [0.717, 1.165) is 12.8 Å². The van der Waals surface area contributed by atoms with Gasteiger partial charge in [-0.25, -0.2) is 4.79 Å². The monoisotopic (exact) mass is 254 g/mol. The highest BCUT2D eigenvalue weighted by molar-refractivity contribution is 5.87. The molecule has 0 aromatic carbocycles. The third-order valence-electron chi connectivity index (χ3n) is 2.90. The average Bonchev–Trinajstić information content (AvgIpc) is 2.13. The van der Waals surface area contributed by atoms with Gasteiger partial charge in [-0.3, -0.25) is 0 Å². The molecule has 2 atom stereocenters. The average molecular weight is 254 g/mol. The molecular weight excluding hydrogens is 224 g/mol. The Bertz CT molecular complexity index is 266. The summed E-state index contributed by atoms with van der Waals surface area (Å²) in [6.07, 6.45) is 3.10. The van der Waals surface area contributed by atoms with Gasteiger partial charge >= 0.3 is 5.97 Å². The molecule has 0 aromatic heterocycles. The maximum absolute atomic E-state index is 11.6. The summed E-state index contributed by atoms with van der Waals surface area (Å²) in [7, 11) is 0. The van der Waals surface area contributed by atoms with Crippen molar-refractivity contribution in [2.24, 2.45) is 17.8 Å². The van der Waals surface area contributed by atoms with Crippen LogP contribution in [0, 0.1) is 17.8 Å². The van der Waals surface area contributed by atoms with Crippen LogP contribution in [0.15, 0.2) is 12.2 Å². The Morgan fingerprint density at radius 1 is 1.00 bits per heavy atom. The van der Waals surface area contributed by atoms with E-state index in [0.29, 0.717) is 23.3 Å². The third-order valence-corrected chi connectivity index (χ3v) is 2.90. The van der Waals surface area contributed by atoms with Gasteiger partial charge in [-0.2, -0.15) is 0 Å². The van der Waals surface area contributed by atoms with E-state index in [-0.39, 0.29) is 12.1 Å². The van der Waals surface area contributed by atoms with Gasteiger partial charge < -0.3 is 4.74 Å². The summed E-state index contributed by atoms with van der Waals surface area (Å²) in [6.45, 7) is 16.4. The minimum Gasteiger partial charge on any atom is -0.459 e. The summed E-state index contributed by atoms with van der Waals surface area (Å²) in [5.74, 6) is 1.57. The number of hydrogen-bond donors (Lipinski definition) is 0. The molecule has 0 rings (SSSR count). The van der Waals surface area contributed by atoms with Crippen LogP contribution in [0.1, 0.15) is 60.8 Å². The van der Waals surface area contributed by atoms with E-state index in [1.807, 2.05) is 0 Å². The van der Waals surface area contributed by atoms with Crippen LogP contribution < -0.4 is 0 Å². The molecule has 0 fully saturated rings. The first-order chi connectivity index (χ1) is 8.22. The van der Waals surface area contributed by atoms with Crippen LogP contribution >= 0.6 is 0 Å². The van der Waals surface area contributed by atoms with Crippen molar-refractivity contribution in [3.8, 4) is 0 Å². The van der Waals surface area contributed by atoms with Gasteiger partial charge in [0, 0.05) is 5.57 Å². The first-order valence-corrected chi connectivity index (χ1v) is 7.08. The fourth-order valence-corrected chi connectivity index (χ4v) is 2.32. The highest BCUT2D eigenvalue weighted by Gasteiger charge is 2.19. The number of carbonyl (C=O) groups excluding carboxylic acids is 1. The van der Waals surface area contributed by atoms with E-state index in [1.165, 1.54) is 6.42 Å². The van der Waals surface area contributed by atoms with Gasteiger partial charge in [0.25, 0.3) is 0 Å². The van der Waals surface area contributed by atoms with E-state index >= 15 is 0 Å². The summed E-state index contributed by atoms with van der Waals surface area (Å²) in [5.41, 5.74) is 0.486. The van der Waals surface area contributed by atoms with Gasteiger partial charge in [0.15, 0.2) is 0 Å². The minimum absolute atomic E-state index is 0.0305. The standard InChI is InChI=1S/C16H30O2/c1-11(2)8-14(7)10-15(9-12(3)4)18-16(17)13(5)6/h11-12,14-15H,5,8-10H2,1-4,6-7H3. The van der Waals surface area contributed by atoms with E-state index in [4.69, 9.17) is 4.74 Å². The highest BCUT2D eigenvalue weighted by Crippen LogP contribution is 2.22. The molecule has 106 valence electrons. The zero-order chi connectivity index (χ0) is 14.3. The molecule has 0 N–H and O–H groups in total. The zero-order valence-electron chi connectivity index (χ0n) is 13.0. The second-order valence-electron chi connectivity index (χ2n) is 6.41. The number of ether oxygens (including phenoxy) is 1. The molecule has 2 heteroatoms. The zero-order valence-corrected chi connectivity index (χ0v) is 13.0. The predicted molar refractivity (Wildman–Crippen MR) is 77.4 cm³/mol. The summed E-state index contributed by atoms with van der Waals surface area (Å²) >= 11 is 0. The minimum atomic E-state index is -0.252. The van der Waals surface area contributed by atoms with Gasteiger partial charge in [0.1, 0.15) is 6.10 Å². The lowest BCUT2D eigenvalue weighted by Crippen LogP contribution is -2.23. The molecule has 0 aliphatic rings. The van der Waals surface area contributed by atoms with Crippen molar-refractivity contribution in [1.82, 2.24) is 0 Å². The van der Waals surface area contributed by atoms with Gasteiger partial charge in [0.05, 0.1) is 0 Å². The van der Waals surface area contributed by atoms with Crippen molar-refractivity contribution in [3.05, 3.63) is 12.2 Å². The Morgan fingerprint density at radius 3 is 1.89 bits per heavy atom. The van der Waals surface area contributed by atoms with Crippen LogP contribution in [0.25, 0.3) is 0 Å². The lowest BCUT2D eigenvalue weighted by Gasteiger charge is -2.24. The van der Waals surface area contributed by atoms with Crippen LogP contribution in [0.3, 0.4) is 0 Å². The maximum atomic E-state index is 11.6. The largest absolute Gasteiger partial charge is 0.459 e. The Kier molecular flexibility index (Phi) is 7.97. The summed E-state index contributed by atoms with van der Waals surface area (Å²) in [5, 5.41) is 0. The number of hydrogen-bond acceptors (Lipinski definition) is 2. The quantitative estimate of drug-likeness (QED) is 0.467. The Morgan fingerprint density at radius 2 is 1.50 bits per heavy atom. The van der Waals surface area contributed by atoms with Gasteiger partial charge in [-0.15, -0.1) is 0 Å². The van der Waals surface area contributed by atoms with Crippen molar-refractivity contribution in [2.45, 2.75) is 66.9 Å². The van der Waals surface area contributed by atoms with Crippen LogP contribution in [-0.2, 0) is 9.53 Å².